The van der Waals surface area contributed by atoms with Crippen molar-refractivity contribution in [3.8, 4) is 0 Å². The van der Waals surface area contributed by atoms with Gasteiger partial charge in [-0.3, -0.25) is 4.79 Å². The van der Waals surface area contributed by atoms with Crippen molar-refractivity contribution in [2.75, 3.05) is 31.2 Å². The summed E-state index contributed by atoms with van der Waals surface area (Å²) in [7, 11) is 0. The summed E-state index contributed by atoms with van der Waals surface area (Å²) >= 11 is 0. The van der Waals surface area contributed by atoms with Crippen molar-refractivity contribution in [2.24, 2.45) is 0 Å². The van der Waals surface area contributed by atoms with Crippen LogP contribution in [0.1, 0.15) is 16.7 Å². The number of benzene rings is 2. The predicted octanol–water partition coefficient (Wildman–Crippen LogP) is 4.15. The third-order valence-electron chi connectivity index (χ3n) is 4.63. The molecule has 1 amide bonds. The van der Waals surface area contributed by atoms with E-state index >= 15 is 0 Å². The van der Waals surface area contributed by atoms with Crippen LogP contribution in [0.3, 0.4) is 0 Å². The van der Waals surface area contributed by atoms with Crippen LogP contribution >= 0.6 is 0 Å². The molecule has 3 rings (SSSR count). The van der Waals surface area contributed by atoms with Crippen LogP contribution in [0.4, 0.5) is 27.6 Å². The second-order valence-electron chi connectivity index (χ2n) is 6.63. The minimum Gasteiger partial charge on any atom is -0.378 e. The van der Waals surface area contributed by atoms with Gasteiger partial charge < -0.3 is 15.0 Å². The van der Waals surface area contributed by atoms with E-state index in [2.05, 4.69) is 5.32 Å². The van der Waals surface area contributed by atoms with Crippen molar-refractivity contribution in [1.82, 2.24) is 5.32 Å². The van der Waals surface area contributed by atoms with E-state index in [1.165, 1.54) is 12.1 Å². The zero-order valence-electron chi connectivity index (χ0n) is 15.8. The molecule has 2 aromatic rings. The number of hydrogen-bond donors (Lipinski definition) is 1. The summed E-state index contributed by atoms with van der Waals surface area (Å²) in [6.07, 6.45) is -2.79. The topological polar surface area (TPSA) is 41.6 Å². The van der Waals surface area contributed by atoms with Gasteiger partial charge in [-0.1, -0.05) is 12.1 Å². The van der Waals surface area contributed by atoms with E-state index in [4.69, 9.17) is 4.74 Å². The zero-order valence-corrected chi connectivity index (χ0v) is 15.8. The Kier molecular flexibility index (Phi) is 6.71. The van der Waals surface area contributed by atoms with Gasteiger partial charge in [0.05, 0.1) is 18.8 Å². The predicted molar refractivity (Wildman–Crippen MR) is 102 cm³/mol. The van der Waals surface area contributed by atoms with Gasteiger partial charge in [0.1, 0.15) is 11.6 Å². The fourth-order valence-electron chi connectivity index (χ4n) is 3.07. The van der Waals surface area contributed by atoms with Gasteiger partial charge in [0.25, 0.3) is 0 Å². The number of amides is 1. The molecule has 4 nitrogen and oxygen atoms in total. The van der Waals surface area contributed by atoms with Crippen LogP contribution in [0.15, 0.2) is 42.5 Å². The van der Waals surface area contributed by atoms with Crippen LogP contribution in [0, 0.1) is 11.6 Å². The van der Waals surface area contributed by atoms with Crippen LogP contribution in [-0.4, -0.2) is 32.2 Å². The Morgan fingerprint density at radius 3 is 2.40 bits per heavy atom. The molecule has 0 aromatic heterocycles. The van der Waals surface area contributed by atoms with Crippen molar-refractivity contribution in [2.45, 2.75) is 12.7 Å². The Morgan fingerprint density at radius 1 is 1.10 bits per heavy atom. The summed E-state index contributed by atoms with van der Waals surface area (Å²) in [4.78, 5) is 13.7. The van der Waals surface area contributed by atoms with E-state index in [9.17, 15) is 26.7 Å². The Hall–Kier alpha value is -2.94. The fourth-order valence-corrected chi connectivity index (χ4v) is 3.07. The molecule has 1 heterocycles. The Labute approximate surface area is 169 Å². The van der Waals surface area contributed by atoms with Gasteiger partial charge in [0, 0.05) is 37.0 Å². The Balaban J connectivity index is 1.72. The van der Waals surface area contributed by atoms with Gasteiger partial charge in [-0.2, -0.15) is 13.2 Å². The number of rotatable bonds is 5. The average Bonchev–Trinajstić information content (AvgIpc) is 2.72. The smallest absolute Gasteiger partial charge is 0.378 e. The number of alkyl halides is 3. The first-order chi connectivity index (χ1) is 14.3. The Morgan fingerprint density at radius 2 is 1.77 bits per heavy atom. The lowest BCUT2D eigenvalue weighted by molar-refractivity contribution is -0.138. The van der Waals surface area contributed by atoms with E-state index in [0.717, 1.165) is 30.4 Å². The van der Waals surface area contributed by atoms with Crippen LogP contribution in [0.5, 0.6) is 0 Å². The quantitative estimate of drug-likeness (QED) is 0.577. The molecule has 160 valence electrons. The average molecular weight is 426 g/mol. The number of ether oxygens (including phenoxy) is 1. The van der Waals surface area contributed by atoms with Gasteiger partial charge >= 0.3 is 6.18 Å². The third-order valence-corrected chi connectivity index (χ3v) is 4.63. The first-order valence-electron chi connectivity index (χ1n) is 9.18. The minimum atomic E-state index is -4.60. The van der Waals surface area contributed by atoms with Crippen LogP contribution in [-0.2, 0) is 22.3 Å². The van der Waals surface area contributed by atoms with Crippen molar-refractivity contribution in [1.29, 1.82) is 0 Å². The monoisotopic (exact) mass is 426 g/mol. The summed E-state index contributed by atoms with van der Waals surface area (Å²) < 4.78 is 72.9. The molecular formula is C21H19F5N2O2. The molecule has 1 aliphatic heterocycles. The molecular weight excluding hydrogens is 407 g/mol. The maximum absolute atomic E-state index is 13.6. The number of nitrogens with one attached hydrogen (secondary N) is 1. The largest absolute Gasteiger partial charge is 0.416 e. The third kappa shape index (κ3) is 5.35. The van der Waals surface area contributed by atoms with Gasteiger partial charge in [0.15, 0.2) is 0 Å². The standard InChI is InChI=1S/C21H19F5N2O2/c22-18-2-1-3-19(23)16(18)6-7-20(29)27-13-14-4-5-15(12-17(14)21(24,25)26)28-8-10-30-11-9-28/h1-7,12H,8-11,13H2,(H,27,29)/b7-6+. The normalized spacial score (nSPS) is 14.9. The number of carbonyl (C=O) groups is 1. The van der Waals surface area contributed by atoms with Crippen LogP contribution < -0.4 is 10.2 Å². The zero-order chi connectivity index (χ0) is 21.7. The molecule has 1 aliphatic rings. The van der Waals surface area contributed by atoms with E-state index < -0.39 is 34.8 Å². The molecule has 1 saturated heterocycles. The molecule has 0 aliphatic carbocycles. The Bertz CT molecular complexity index is 917. The maximum atomic E-state index is 13.6. The molecule has 1 fully saturated rings. The van der Waals surface area contributed by atoms with Crippen LogP contribution in [0.25, 0.3) is 6.08 Å². The second-order valence-corrected chi connectivity index (χ2v) is 6.63. The second kappa shape index (κ2) is 9.25. The van der Waals surface area contributed by atoms with Crippen LogP contribution in [0.2, 0.25) is 0 Å². The van der Waals surface area contributed by atoms with Crippen molar-refractivity contribution >= 4 is 17.7 Å². The van der Waals surface area contributed by atoms with Crippen molar-refractivity contribution in [3.05, 3.63) is 70.8 Å². The molecule has 0 radical (unpaired) electrons. The minimum absolute atomic E-state index is 0.113. The van der Waals surface area contributed by atoms with E-state index in [1.54, 1.807) is 11.0 Å². The maximum Gasteiger partial charge on any atom is 0.416 e. The van der Waals surface area contributed by atoms with Crippen molar-refractivity contribution < 1.29 is 31.5 Å². The highest BCUT2D eigenvalue weighted by molar-refractivity contribution is 5.91. The summed E-state index contributed by atoms with van der Waals surface area (Å²) in [6, 6.07) is 7.18. The lowest BCUT2D eigenvalue weighted by atomic mass is 10.0. The number of anilines is 1. The van der Waals surface area contributed by atoms with Gasteiger partial charge in [0.2, 0.25) is 5.91 Å². The van der Waals surface area contributed by atoms with Gasteiger partial charge in [-0.25, -0.2) is 8.78 Å². The molecule has 0 spiro atoms. The first kappa shape index (κ1) is 21.8. The summed E-state index contributed by atoms with van der Waals surface area (Å²) in [5, 5.41) is 2.32. The molecule has 0 saturated carbocycles. The van der Waals surface area contributed by atoms with Gasteiger partial charge in [-0.15, -0.1) is 0 Å². The highest BCUT2D eigenvalue weighted by Gasteiger charge is 2.34. The number of nitrogens with zero attached hydrogens (tertiary/aromatic N) is 1. The SMILES string of the molecule is O=C(/C=C/c1c(F)cccc1F)NCc1ccc(N2CCOCC2)cc1C(F)(F)F. The highest BCUT2D eigenvalue weighted by Crippen LogP contribution is 2.35. The molecule has 9 heteroatoms. The number of halogens is 5. The van der Waals surface area contributed by atoms with Gasteiger partial charge in [-0.05, 0) is 35.9 Å². The fraction of sp³-hybridized carbons (Fsp3) is 0.286. The molecule has 1 N–H and O–H groups in total. The van der Waals surface area contributed by atoms with Crippen molar-refractivity contribution in [3.63, 3.8) is 0 Å². The highest BCUT2D eigenvalue weighted by atomic mass is 19.4. The molecule has 30 heavy (non-hydrogen) atoms. The van der Waals surface area contributed by atoms with E-state index in [0.29, 0.717) is 32.0 Å². The molecule has 0 atom stereocenters. The van der Waals surface area contributed by atoms with E-state index in [-0.39, 0.29) is 12.1 Å². The first-order valence-corrected chi connectivity index (χ1v) is 9.18. The summed E-state index contributed by atoms with van der Waals surface area (Å²) in [5.74, 6) is -2.47. The number of hydrogen-bond acceptors (Lipinski definition) is 3. The summed E-state index contributed by atoms with van der Waals surface area (Å²) in [5.41, 5.74) is -0.941. The number of morpholine rings is 1. The molecule has 2 aromatic carbocycles. The number of carbonyl (C=O) groups excluding carboxylic acids is 1. The lowest BCUT2D eigenvalue weighted by Crippen LogP contribution is -2.36. The lowest BCUT2D eigenvalue weighted by Gasteiger charge is -2.29. The molecule has 0 bridgehead atoms. The van der Waals surface area contributed by atoms with E-state index in [1.807, 2.05) is 0 Å². The molecule has 0 unspecified atom stereocenters. The summed E-state index contributed by atoms with van der Waals surface area (Å²) in [6.45, 7) is 1.47.